The van der Waals surface area contributed by atoms with Crippen LogP contribution in [0.2, 0.25) is 0 Å². The lowest BCUT2D eigenvalue weighted by atomic mass is 9.95. The lowest BCUT2D eigenvalue weighted by molar-refractivity contribution is -0.133. The molecule has 0 spiro atoms. The Kier molecular flexibility index (Phi) is 14.8. The van der Waals surface area contributed by atoms with Gasteiger partial charge in [-0.1, -0.05) is 30.3 Å². The van der Waals surface area contributed by atoms with Crippen molar-refractivity contribution in [2.75, 3.05) is 13.1 Å². The van der Waals surface area contributed by atoms with Crippen molar-refractivity contribution in [1.29, 1.82) is 0 Å². The number of benzene rings is 2. The Morgan fingerprint density at radius 3 is 1.77 bits per heavy atom. The van der Waals surface area contributed by atoms with E-state index in [2.05, 4.69) is 51.8 Å². The number of phenols is 1. The van der Waals surface area contributed by atoms with Crippen molar-refractivity contribution in [3.63, 3.8) is 0 Å². The van der Waals surface area contributed by atoms with E-state index >= 15 is 0 Å². The van der Waals surface area contributed by atoms with Gasteiger partial charge in [-0.05, 0) is 89.3 Å². The fourth-order valence-corrected chi connectivity index (χ4v) is 5.44. The quantitative estimate of drug-likeness (QED) is 0.118. The molecule has 0 fully saturated rings. The fourth-order valence-electron chi connectivity index (χ4n) is 5.07. The van der Waals surface area contributed by atoms with E-state index < -0.39 is 69.7 Å². The van der Waals surface area contributed by atoms with Gasteiger partial charge in [0.25, 0.3) is 0 Å². The summed E-state index contributed by atoms with van der Waals surface area (Å²) in [5.41, 5.74) is 9.34. The van der Waals surface area contributed by atoms with Gasteiger partial charge in [-0.15, -0.1) is 0 Å². The second-order valence-corrected chi connectivity index (χ2v) is 15.3. The molecule has 2 aromatic rings. The van der Waals surface area contributed by atoms with Crippen molar-refractivity contribution >= 4 is 54.8 Å². The van der Waals surface area contributed by atoms with Gasteiger partial charge in [0.1, 0.15) is 23.9 Å². The van der Waals surface area contributed by atoms with Crippen LogP contribution in [0.1, 0.15) is 56.9 Å². The minimum absolute atomic E-state index is 0.113. The number of aromatic hydroxyl groups is 1. The number of nitrogens with one attached hydrogen (secondary N) is 5. The Bertz CT molecular complexity index is 1440. The van der Waals surface area contributed by atoms with E-state index in [-0.39, 0.29) is 18.6 Å². The Balaban J connectivity index is 2.15. The van der Waals surface area contributed by atoms with E-state index in [1.54, 1.807) is 71.0 Å². The smallest absolute Gasteiger partial charge is 0.244 e. The standard InChI is InChI=1S/C34H50N6O6S2/c1-8-36-31(45)27(33(4,5)47)40-30(44)25(16-21-12-10-9-11-13-21)38-26(42)18-37-32(46)28(34(6,7)48)39-29(43)24(35)17-23-19(2)14-22(41)15-20(23)3/h9-15,24-25,27-28,41,47-48H,8,16-18,35H2,1-7H3,(H,36,45)(H,37,46)(H,38,42)(H,39,43)(H,40,44)/t24-,25-,27-,28-/m0/s1. The Hall–Kier alpha value is -3.75. The molecule has 0 saturated heterocycles. The molecule has 0 bridgehead atoms. The molecule has 0 aromatic heterocycles. The summed E-state index contributed by atoms with van der Waals surface area (Å²) in [7, 11) is 0. The van der Waals surface area contributed by atoms with Crippen LogP contribution in [0.3, 0.4) is 0 Å². The molecule has 2 aromatic carbocycles. The number of hydrogen-bond acceptors (Lipinski definition) is 9. The Morgan fingerprint density at radius 2 is 1.27 bits per heavy atom. The first-order valence-electron chi connectivity index (χ1n) is 15.7. The minimum atomic E-state index is -1.17. The second-order valence-electron chi connectivity index (χ2n) is 13.0. The number of nitrogens with two attached hydrogens (primary N) is 1. The van der Waals surface area contributed by atoms with Crippen LogP contribution in [0, 0.1) is 13.8 Å². The molecule has 8 N–H and O–H groups in total. The molecule has 0 saturated carbocycles. The van der Waals surface area contributed by atoms with E-state index in [1.165, 1.54) is 0 Å². The maximum atomic E-state index is 13.5. The van der Waals surface area contributed by atoms with Gasteiger partial charge < -0.3 is 37.4 Å². The number of amides is 5. The largest absolute Gasteiger partial charge is 0.508 e. The molecule has 0 unspecified atom stereocenters. The van der Waals surface area contributed by atoms with Gasteiger partial charge in [0.05, 0.1) is 12.6 Å². The molecule has 2 rings (SSSR count). The van der Waals surface area contributed by atoms with E-state index in [1.807, 2.05) is 19.9 Å². The summed E-state index contributed by atoms with van der Waals surface area (Å²) >= 11 is 9.01. The maximum Gasteiger partial charge on any atom is 0.244 e. The predicted octanol–water partition coefficient (Wildman–Crippen LogP) is 1.25. The summed E-state index contributed by atoms with van der Waals surface area (Å²) in [6.07, 6.45) is 0.283. The van der Waals surface area contributed by atoms with Gasteiger partial charge in [-0.25, -0.2) is 0 Å². The summed E-state index contributed by atoms with van der Waals surface area (Å²) in [5, 5.41) is 23.1. The maximum absolute atomic E-state index is 13.5. The molecule has 14 heteroatoms. The van der Waals surface area contributed by atoms with Gasteiger partial charge in [-0.2, -0.15) is 25.3 Å². The third kappa shape index (κ3) is 12.4. The summed E-state index contributed by atoms with van der Waals surface area (Å²) in [4.78, 5) is 65.8. The number of rotatable bonds is 16. The van der Waals surface area contributed by atoms with Crippen molar-refractivity contribution in [1.82, 2.24) is 26.6 Å². The van der Waals surface area contributed by atoms with E-state index in [9.17, 15) is 29.1 Å². The highest BCUT2D eigenvalue weighted by Gasteiger charge is 2.37. The predicted molar refractivity (Wildman–Crippen MR) is 193 cm³/mol. The lowest BCUT2D eigenvalue weighted by Gasteiger charge is -2.31. The van der Waals surface area contributed by atoms with Crippen LogP contribution in [0.15, 0.2) is 42.5 Å². The molecule has 12 nitrogen and oxygen atoms in total. The molecule has 0 heterocycles. The number of carbonyl (C=O) groups is 5. The zero-order chi connectivity index (χ0) is 36.4. The minimum Gasteiger partial charge on any atom is -0.508 e. The van der Waals surface area contributed by atoms with Crippen molar-refractivity contribution in [3.8, 4) is 5.75 Å². The van der Waals surface area contributed by atoms with Crippen molar-refractivity contribution < 1.29 is 29.1 Å². The van der Waals surface area contributed by atoms with Crippen LogP contribution < -0.4 is 32.3 Å². The molecular weight excluding hydrogens is 653 g/mol. The summed E-state index contributed by atoms with van der Waals surface area (Å²) < 4.78 is -1.97. The zero-order valence-corrected chi connectivity index (χ0v) is 30.4. The third-order valence-electron chi connectivity index (χ3n) is 7.66. The number of phenolic OH excluding ortho intramolecular Hbond substituents is 1. The number of aryl methyl sites for hydroxylation is 2. The van der Waals surface area contributed by atoms with E-state index in [0.29, 0.717) is 6.54 Å². The average Bonchev–Trinajstić information content (AvgIpc) is 2.97. The molecular formula is C34H50N6O6S2. The van der Waals surface area contributed by atoms with Crippen LogP contribution in [-0.4, -0.2) is 81.4 Å². The van der Waals surface area contributed by atoms with Crippen LogP contribution >= 0.6 is 25.3 Å². The van der Waals surface area contributed by atoms with Crippen molar-refractivity contribution in [2.45, 2.75) is 95.0 Å². The van der Waals surface area contributed by atoms with Gasteiger partial charge in [0.2, 0.25) is 29.5 Å². The van der Waals surface area contributed by atoms with Crippen molar-refractivity contribution in [3.05, 3.63) is 64.7 Å². The number of thiol groups is 2. The van der Waals surface area contributed by atoms with Crippen LogP contribution in [0.4, 0.5) is 0 Å². The highest BCUT2D eigenvalue weighted by Crippen LogP contribution is 2.23. The van der Waals surface area contributed by atoms with Crippen LogP contribution in [-0.2, 0) is 36.8 Å². The molecule has 48 heavy (non-hydrogen) atoms. The third-order valence-corrected chi connectivity index (χ3v) is 8.18. The topological polar surface area (TPSA) is 192 Å². The Labute approximate surface area is 294 Å². The molecule has 5 amide bonds. The van der Waals surface area contributed by atoms with Gasteiger partial charge in [0, 0.05) is 22.5 Å². The first-order valence-corrected chi connectivity index (χ1v) is 16.6. The van der Waals surface area contributed by atoms with Crippen molar-refractivity contribution in [2.24, 2.45) is 5.73 Å². The highest BCUT2D eigenvalue weighted by atomic mass is 32.1. The highest BCUT2D eigenvalue weighted by molar-refractivity contribution is 7.82. The average molecular weight is 703 g/mol. The molecule has 0 aliphatic carbocycles. The SMILES string of the molecule is CCNC(=O)[C@H](NC(=O)[C@H](Cc1ccccc1)NC(=O)CNC(=O)[C@H](NC(=O)[C@@H](N)Cc1c(C)cc(O)cc1C)C(C)(C)S)C(C)(C)S. The number of hydrogen-bond donors (Lipinski definition) is 9. The van der Waals surface area contributed by atoms with Gasteiger partial charge >= 0.3 is 0 Å². The molecule has 0 aliphatic rings. The second kappa shape index (κ2) is 17.6. The summed E-state index contributed by atoms with van der Waals surface area (Å²) in [6, 6.07) is 7.91. The zero-order valence-electron chi connectivity index (χ0n) is 28.6. The van der Waals surface area contributed by atoms with Crippen LogP contribution in [0.5, 0.6) is 5.75 Å². The molecule has 0 radical (unpaired) electrons. The van der Waals surface area contributed by atoms with Gasteiger partial charge in [0.15, 0.2) is 0 Å². The van der Waals surface area contributed by atoms with Crippen LogP contribution in [0.25, 0.3) is 0 Å². The molecule has 4 atom stereocenters. The first-order chi connectivity index (χ1) is 22.2. The first kappa shape index (κ1) is 40.4. The van der Waals surface area contributed by atoms with Gasteiger partial charge in [-0.3, -0.25) is 24.0 Å². The number of carbonyl (C=O) groups excluding carboxylic acids is 5. The fraction of sp³-hybridized carbons (Fsp3) is 0.500. The molecule has 0 aliphatic heterocycles. The lowest BCUT2D eigenvalue weighted by Crippen LogP contribution is -2.61. The monoisotopic (exact) mass is 702 g/mol. The van der Waals surface area contributed by atoms with E-state index in [4.69, 9.17) is 5.73 Å². The normalized spacial score (nSPS) is 14.1. The Morgan fingerprint density at radius 1 is 0.771 bits per heavy atom. The summed E-state index contributed by atoms with van der Waals surface area (Å²) in [5.74, 6) is -2.86. The summed E-state index contributed by atoms with van der Waals surface area (Å²) in [6.45, 7) is 11.9. The van der Waals surface area contributed by atoms with E-state index in [0.717, 1.165) is 22.3 Å². The molecule has 264 valence electrons. The number of likely N-dealkylation sites (N-methyl/N-ethyl adjacent to an activating group) is 1.